The predicted molar refractivity (Wildman–Crippen MR) is 123 cm³/mol. The van der Waals surface area contributed by atoms with Crippen molar-refractivity contribution in [1.82, 2.24) is 0 Å². The minimum atomic E-state index is -2.23. The van der Waals surface area contributed by atoms with Gasteiger partial charge in [-0.1, -0.05) is 39.0 Å². The molecular formula is C23H42O6Si. The summed E-state index contributed by atoms with van der Waals surface area (Å²) in [5, 5.41) is 20.2. The SMILES string of the molecule is C=CC(C)(C(=O)OCC=CC(C)(C(=O)O)C(C)(C)O[Si](C)(C)C(C)(C)C)C(C)(C)O. The lowest BCUT2D eigenvalue weighted by atomic mass is 9.75. The molecule has 0 spiro atoms. The first kappa shape index (κ1) is 28.6. The van der Waals surface area contributed by atoms with Crippen LogP contribution in [0.1, 0.15) is 62.3 Å². The van der Waals surface area contributed by atoms with Gasteiger partial charge in [0.2, 0.25) is 0 Å². The van der Waals surface area contributed by atoms with E-state index in [1.54, 1.807) is 27.7 Å². The van der Waals surface area contributed by atoms with E-state index in [9.17, 15) is 19.8 Å². The Hall–Kier alpha value is -1.44. The van der Waals surface area contributed by atoms with Crippen molar-refractivity contribution >= 4 is 20.3 Å². The second-order valence-corrected chi connectivity index (χ2v) is 15.6. The monoisotopic (exact) mass is 442 g/mol. The van der Waals surface area contributed by atoms with Gasteiger partial charge in [0.05, 0.1) is 11.2 Å². The van der Waals surface area contributed by atoms with Crippen LogP contribution < -0.4 is 0 Å². The van der Waals surface area contributed by atoms with Crippen LogP contribution in [0.5, 0.6) is 0 Å². The van der Waals surface area contributed by atoms with Crippen molar-refractivity contribution in [3.63, 3.8) is 0 Å². The van der Waals surface area contributed by atoms with E-state index in [1.165, 1.54) is 32.1 Å². The topological polar surface area (TPSA) is 93.1 Å². The quantitative estimate of drug-likeness (QED) is 0.283. The van der Waals surface area contributed by atoms with Gasteiger partial charge >= 0.3 is 11.9 Å². The molecule has 0 aliphatic carbocycles. The summed E-state index contributed by atoms with van der Waals surface area (Å²) in [5.41, 5.74) is -4.98. The van der Waals surface area contributed by atoms with Crippen LogP contribution in [0.25, 0.3) is 0 Å². The van der Waals surface area contributed by atoms with Crippen molar-refractivity contribution in [2.24, 2.45) is 10.8 Å². The van der Waals surface area contributed by atoms with Crippen LogP contribution in [0, 0.1) is 10.8 Å². The zero-order valence-electron chi connectivity index (χ0n) is 20.7. The third-order valence-corrected chi connectivity index (χ3v) is 11.5. The van der Waals surface area contributed by atoms with Gasteiger partial charge in [-0.05, 0) is 59.7 Å². The lowest BCUT2D eigenvalue weighted by Gasteiger charge is -2.48. The van der Waals surface area contributed by atoms with Crippen molar-refractivity contribution in [2.45, 2.75) is 91.6 Å². The van der Waals surface area contributed by atoms with Crippen LogP contribution in [-0.4, -0.2) is 48.3 Å². The Balaban J connectivity index is 5.60. The molecule has 0 aliphatic heterocycles. The molecule has 2 N–H and O–H groups in total. The Morgan fingerprint density at radius 1 is 0.967 bits per heavy atom. The van der Waals surface area contributed by atoms with Crippen LogP contribution in [0.3, 0.4) is 0 Å². The Morgan fingerprint density at radius 2 is 1.43 bits per heavy atom. The molecule has 174 valence electrons. The Morgan fingerprint density at radius 3 is 1.77 bits per heavy atom. The fourth-order valence-electron chi connectivity index (χ4n) is 2.57. The molecule has 0 rings (SSSR count). The first-order valence-electron chi connectivity index (χ1n) is 10.2. The lowest BCUT2D eigenvalue weighted by molar-refractivity contribution is -0.162. The highest BCUT2D eigenvalue weighted by Crippen LogP contribution is 2.45. The average Bonchev–Trinajstić information content (AvgIpc) is 2.53. The summed E-state index contributed by atoms with van der Waals surface area (Å²) >= 11 is 0. The number of aliphatic carboxylic acids is 1. The number of hydrogen-bond acceptors (Lipinski definition) is 5. The fraction of sp³-hybridized carbons (Fsp3) is 0.739. The molecule has 2 atom stereocenters. The fourth-order valence-corrected chi connectivity index (χ4v) is 4.36. The van der Waals surface area contributed by atoms with E-state index in [0.29, 0.717) is 0 Å². The number of carboxylic acid groups (broad SMARTS) is 1. The molecule has 0 bridgehead atoms. The molecule has 6 nitrogen and oxygen atoms in total. The second kappa shape index (κ2) is 8.97. The molecule has 0 saturated carbocycles. The first-order chi connectivity index (χ1) is 13.1. The highest BCUT2D eigenvalue weighted by Gasteiger charge is 2.52. The average molecular weight is 443 g/mol. The molecule has 2 unspecified atom stereocenters. The number of rotatable bonds is 10. The summed E-state index contributed by atoms with van der Waals surface area (Å²) in [6.07, 6.45) is 4.39. The number of aliphatic hydroxyl groups is 1. The van der Waals surface area contributed by atoms with Crippen molar-refractivity contribution < 1.29 is 29.0 Å². The summed E-state index contributed by atoms with van der Waals surface area (Å²) in [5.74, 6) is -1.66. The van der Waals surface area contributed by atoms with Crippen molar-refractivity contribution in [3.05, 3.63) is 24.8 Å². The largest absolute Gasteiger partial charge is 0.481 e. The van der Waals surface area contributed by atoms with Gasteiger partial charge in [0, 0.05) is 0 Å². The molecule has 0 aliphatic rings. The van der Waals surface area contributed by atoms with Gasteiger partial charge in [-0.25, -0.2) is 0 Å². The van der Waals surface area contributed by atoms with E-state index >= 15 is 0 Å². The van der Waals surface area contributed by atoms with Gasteiger partial charge in [-0.3, -0.25) is 9.59 Å². The number of esters is 1. The van der Waals surface area contributed by atoms with Gasteiger partial charge in [-0.2, -0.15) is 0 Å². The van der Waals surface area contributed by atoms with Gasteiger partial charge in [-0.15, -0.1) is 6.58 Å². The van der Waals surface area contributed by atoms with E-state index in [0.717, 1.165) is 0 Å². The van der Waals surface area contributed by atoms with Crippen molar-refractivity contribution in [3.8, 4) is 0 Å². The van der Waals surface area contributed by atoms with E-state index in [4.69, 9.17) is 9.16 Å². The number of carboxylic acids is 1. The molecule has 0 aromatic carbocycles. The summed E-state index contributed by atoms with van der Waals surface area (Å²) in [6.45, 7) is 23.7. The van der Waals surface area contributed by atoms with Crippen LogP contribution in [0.2, 0.25) is 18.1 Å². The molecule has 0 amide bonds. The normalized spacial score (nSPS) is 17.9. The Labute approximate surface area is 183 Å². The van der Waals surface area contributed by atoms with Crippen molar-refractivity contribution in [2.75, 3.05) is 6.61 Å². The minimum Gasteiger partial charge on any atom is -0.481 e. The van der Waals surface area contributed by atoms with Crippen LogP contribution >= 0.6 is 0 Å². The maximum atomic E-state index is 12.5. The maximum Gasteiger partial charge on any atom is 0.318 e. The zero-order valence-corrected chi connectivity index (χ0v) is 21.7. The third kappa shape index (κ3) is 5.83. The van der Waals surface area contributed by atoms with E-state index in [-0.39, 0.29) is 11.6 Å². The Bertz CT molecular complexity index is 681. The van der Waals surface area contributed by atoms with Crippen LogP contribution in [0.15, 0.2) is 24.8 Å². The molecular weight excluding hydrogens is 400 g/mol. The van der Waals surface area contributed by atoms with Gasteiger partial charge in [0.15, 0.2) is 8.32 Å². The first-order valence-corrected chi connectivity index (χ1v) is 13.1. The van der Waals surface area contributed by atoms with Gasteiger partial charge in [0.1, 0.15) is 17.4 Å². The number of hydrogen-bond donors (Lipinski definition) is 2. The van der Waals surface area contributed by atoms with Gasteiger partial charge < -0.3 is 19.4 Å². The molecule has 7 heteroatoms. The third-order valence-electron chi connectivity index (χ3n) is 6.88. The number of carbonyl (C=O) groups is 2. The minimum absolute atomic E-state index is 0.0742. The zero-order chi connectivity index (χ0) is 24.4. The van der Waals surface area contributed by atoms with Crippen LogP contribution in [0.4, 0.5) is 0 Å². The van der Waals surface area contributed by atoms with E-state index in [1.807, 2.05) is 0 Å². The molecule has 30 heavy (non-hydrogen) atoms. The van der Waals surface area contributed by atoms with E-state index < -0.39 is 42.3 Å². The lowest BCUT2D eigenvalue weighted by Crippen LogP contribution is -2.56. The summed E-state index contributed by atoms with van der Waals surface area (Å²) < 4.78 is 11.7. The predicted octanol–water partition coefficient (Wildman–Crippen LogP) is 4.94. The molecule has 0 fully saturated rings. The van der Waals surface area contributed by atoms with E-state index in [2.05, 4.69) is 40.4 Å². The van der Waals surface area contributed by atoms with Gasteiger partial charge in [0.25, 0.3) is 0 Å². The molecule has 0 aromatic heterocycles. The standard InChI is InChI=1S/C23H42O6Si/c1-13-22(9,20(5,6)27)18(26)28-16-14-15-23(10,17(24)25)21(7,8)29-30(11,12)19(2,3)4/h13-15,27H,1,16H2,2-12H3,(H,24,25). The highest BCUT2D eigenvalue weighted by molar-refractivity contribution is 6.74. The summed E-state index contributed by atoms with van der Waals surface area (Å²) in [6, 6.07) is 0. The molecule has 0 saturated heterocycles. The van der Waals surface area contributed by atoms with Crippen LogP contribution in [-0.2, 0) is 18.8 Å². The number of ether oxygens (including phenoxy) is 1. The molecule has 0 radical (unpaired) electrons. The Kier molecular flexibility index (Phi) is 8.54. The smallest absolute Gasteiger partial charge is 0.318 e. The molecule has 0 heterocycles. The molecule has 0 aromatic rings. The summed E-state index contributed by atoms with van der Waals surface area (Å²) in [4.78, 5) is 24.7. The maximum absolute atomic E-state index is 12.5. The number of carbonyl (C=O) groups excluding carboxylic acids is 1. The summed E-state index contributed by atoms with van der Waals surface area (Å²) in [7, 11) is -2.23. The second-order valence-electron chi connectivity index (χ2n) is 10.8. The van der Waals surface area contributed by atoms with Crippen molar-refractivity contribution in [1.29, 1.82) is 0 Å². The highest BCUT2D eigenvalue weighted by atomic mass is 28.4.